The van der Waals surface area contributed by atoms with Crippen LogP contribution in [-0.2, 0) is 11.1 Å². The summed E-state index contributed by atoms with van der Waals surface area (Å²) in [6, 6.07) is 0. The molecule has 1 N–H and O–H groups in total. The smallest absolute Gasteiger partial charge is 0.186 e. The normalized spacial score (nSPS) is 26.3. The largest absolute Gasteiger partial charge is 0.302 e. The molecule has 0 aliphatic heterocycles. The van der Waals surface area contributed by atoms with Gasteiger partial charge < -0.3 is 4.55 Å². The van der Waals surface area contributed by atoms with Crippen LogP contribution in [0, 0.1) is 5.92 Å². The van der Waals surface area contributed by atoms with E-state index in [9.17, 15) is 4.21 Å². The van der Waals surface area contributed by atoms with Gasteiger partial charge in [0.2, 0.25) is 0 Å². The predicted molar refractivity (Wildman–Crippen MR) is 46.7 cm³/mol. The SMILES string of the molecule is [B]CC1C=CC(S(=O)O)=CC1. The lowest BCUT2D eigenvalue weighted by Gasteiger charge is -2.11. The maximum atomic E-state index is 10.5. The second-order valence-electron chi connectivity index (χ2n) is 2.45. The van der Waals surface area contributed by atoms with Crippen LogP contribution in [-0.4, -0.2) is 16.6 Å². The van der Waals surface area contributed by atoms with Crippen molar-refractivity contribution < 1.29 is 8.76 Å². The Bertz CT molecular complexity index is 222. The van der Waals surface area contributed by atoms with Crippen LogP contribution < -0.4 is 0 Å². The van der Waals surface area contributed by atoms with Gasteiger partial charge in [0.1, 0.15) is 0 Å². The van der Waals surface area contributed by atoms with Gasteiger partial charge in [-0.2, -0.15) is 0 Å². The Labute approximate surface area is 70.1 Å². The lowest BCUT2D eigenvalue weighted by atomic mass is 9.87. The molecule has 0 aromatic heterocycles. The maximum Gasteiger partial charge on any atom is 0.186 e. The molecule has 2 atom stereocenters. The Morgan fingerprint density at radius 2 is 2.55 bits per heavy atom. The zero-order valence-corrected chi connectivity index (χ0v) is 6.88. The predicted octanol–water partition coefficient (Wildman–Crippen LogP) is 1.25. The third-order valence-corrected chi connectivity index (χ3v) is 2.36. The summed E-state index contributed by atoms with van der Waals surface area (Å²) in [4.78, 5) is 0.481. The van der Waals surface area contributed by atoms with Gasteiger partial charge in [0, 0.05) is 0 Å². The van der Waals surface area contributed by atoms with E-state index >= 15 is 0 Å². The van der Waals surface area contributed by atoms with Gasteiger partial charge in [-0.05, 0) is 18.4 Å². The second kappa shape index (κ2) is 3.88. The molecular formula is C7H9BO2S. The lowest BCUT2D eigenvalue weighted by molar-refractivity contribution is 0.571. The topological polar surface area (TPSA) is 37.3 Å². The van der Waals surface area contributed by atoms with Crippen molar-refractivity contribution in [3.05, 3.63) is 23.1 Å². The first-order chi connectivity index (χ1) is 5.24. The minimum absolute atomic E-state index is 0.335. The molecule has 0 aromatic carbocycles. The van der Waals surface area contributed by atoms with Crippen molar-refractivity contribution in [2.75, 3.05) is 0 Å². The highest BCUT2D eigenvalue weighted by molar-refractivity contribution is 7.83. The van der Waals surface area contributed by atoms with Crippen molar-refractivity contribution in [2.24, 2.45) is 5.92 Å². The Morgan fingerprint density at radius 3 is 2.91 bits per heavy atom. The molecule has 0 aromatic rings. The molecule has 0 spiro atoms. The first kappa shape index (κ1) is 8.75. The molecule has 2 unspecified atom stereocenters. The van der Waals surface area contributed by atoms with Crippen molar-refractivity contribution in [2.45, 2.75) is 12.7 Å². The van der Waals surface area contributed by atoms with Crippen LogP contribution in [0.2, 0.25) is 6.32 Å². The second-order valence-corrected chi connectivity index (χ2v) is 3.42. The van der Waals surface area contributed by atoms with Crippen LogP contribution in [0.4, 0.5) is 0 Å². The van der Waals surface area contributed by atoms with E-state index in [1.165, 1.54) is 0 Å². The number of allylic oxidation sites excluding steroid dienone is 3. The molecule has 58 valence electrons. The fraction of sp³-hybridized carbons (Fsp3) is 0.429. The van der Waals surface area contributed by atoms with Gasteiger partial charge in [0.25, 0.3) is 0 Å². The van der Waals surface area contributed by atoms with Gasteiger partial charge >= 0.3 is 0 Å². The third-order valence-electron chi connectivity index (χ3n) is 1.66. The van der Waals surface area contributed by atoms with Crippen molar-refractivity contribution in [3.8, 4) is 0 Å². The van der Waals surface area contributed by atoms with Crippen molar-refractivity contribution in [3.63, 3.8) is 0 Å². The summed E-state index contributed by atoms with van der Waals surface area (Å²) >= 11 is -1.84. The molecule has 11 heavy (non-hydrogen) atoms. The molecule has 0 heterocycles. The van der Waals surface area contributed by atoms with E-state index in [0.717, 1.165) is 6.42 Å². The molecule has 1 aliphatic carbocycles. The summed E-state index contributed by atoms with van der Waals surface area (Å²) in [7, 11) is 5.41. The third kappa shape index (κ3) is 2.31. The minimum Gasteiger partial charge on any atom is -0.302 e. The standard InChI is InChI=1S/C7H9BO2S/c8-5-6-1-3-7(4-2-6)11(9)10/h1,3-4,6H,2,5H2,(H,9,10). The quantitative estimate of drug-likeness (QED) is 0.497. The number of rotatable bonds is 2. The van der Waals surface area contributed by atoms with Gasteiger partial charge in [-0.1, -0.05) is 18.5 Å². The van der Waals surface area contributed by atoms with Gasteiger partial charge in [0.15, 0.2) is 11.1 Å². The zero-order chi connectivity index (χ0) is 8.27. The average Bonchev–Trinajstić information content (AvgIpc) is 2.05. The van der Waals surface area contributed by atoms with Crippen LogP contribution >= 0.6 is 0 Å². The van der Waals surface area contributed by atoms with Crippen LogP contribution in [0.15, 0.2) is 23.1 Å². The molecule has 0 fully saturated rings. The Kier molecular flexibility index (Phi) is 3.08. The van der Waals surface area contributed by atoms with Gasteiger partial charge in [-0.15, -0.1) is 0 Å². The molecule has 0 saturated heterocycles. The summed E-state index contributed by atoms with van der Waals surface area (Å²) in [5.41, 5.74) is 0. The Hall–Kier alpha value is -0.345. The van der Waals surface area contributed by atoms with Crippen molar-refractivity contribution in [1.29, 1.82) is 0 Å². The first-order valence-electron chi connectivity index (χ1n) is 3.43. The summed E-state index contributed by atoms with van der Waals surface area (Å²) in [5, 5.41) is 0. The summed E-state index contributed by atoms with van der Waals surface area (Å²) in [5.74, 6) is 0.335. The lowest BCUT2D eigenvalue weighted by Crippen LogP contribution is -2.01. The van der Waals surface area contributed by atoms with E-state index in [2.05, 4.69) is 0 Å². The highest BCUT2D eigenvalue weighted by atomic mass is 32.2. The fourth-order valence-corrected chi connectivity index (χ4v) is 1.38. The van der Waals surface area contributed by atoms with Crippen LogP contribution in [0.1, 0.15) is 6.42 Å². The summed E-state index contributed by atoms with van der Waals surface area (Å²) in [6.07, 6.45) is 6.67. The number of hydrogen-bond acceptors (Lipinski definition) is 1. The van der Waals surface area contributed by atoms with E-state index in [1.807, 2.05) is 6.08 Å². The molecule has 1 rings (SSSR count). The zero-order valence-electron chi connectivity index (χ0n) is 6.06. The molecule has 4 heteroatoms. The van der Waals surface area contributed by atoms with Gasteiger partial charge in [-0.3, -0.25) is 0 Å². The molecular weight excluding hydrogens is 159 g/mol. The molecule has 1 aliphatic rings. The van der Waals surface area contributed by atoms with Crippen LogP contribution in [0.5, 0.6) is 0 Å². The van der Waals surface area contributed by atoms with Gasteiger partial charge in [-0.25, -0.2) is 4.21 Å². The Balaban J connectivity index is 2.60. The van der Waals surface area contributed by atoms with Crippen LogP contribution in [0.3, 0.4) is 0 Å². The van der Waals surface area contributed by atoms with E-state index in [-0.39, 0.29) is 0 Å². The monoisotopic (exact) mass is 168 g/mol. The molecule has 0 amide bonds. The fourth-order valence-electron chi connectivity index (χ4n) is 0.949. The first-order valence-corrected chi connectivity index (χ1v) is 4.54. The summed E-state index contributed by atoms with van der Waals surface area (Å²) < 4.78 is 19.2. The summed E-state index contributed by atoms with van der Waals surface area (Å²) in [6.45, 7) is 0. The van der Waals surface area contributed by atoms with E-state index in [0.29, 0.717) is 17.1 Å². The molecule has 0 saturated carbocycles. The van der Waals surface area contributed by atoms with E-state index < -0.39 is 11.1 Å². The van der Waals surface area contributed by atoms with Crippen molar-refractivity contribution >= 4 is 18.9 Å². The average molecular weight is 168 g/mol. The Morgan fingerprint density at radius 1 is 1.82 bits per heavy atom. The molecule has 2 nitrogen and oxygen atoms in total. The molecule has 2 radical (unpaired) electrons. The highest BCUT2D eigenvalue weighted by Crippen LogP contribution is 2.19. The van der Waals surface area contributed by atoms with E-state index in [4.69, 9.17) is 12.4 Å². The highest BCUT2D eigenvalue weighted by Gasteiger charge is 2.08. The number of hydrogen-bond donors (Lipinski definition) is 1. The maximum absolute atomic E-state index is 10.5. The van der Waals surface area contributed by atoms with Gasteiger partial charge in [0.05, 0.1) is 12.8 Å². The molecule has 0 bridgehead atoms. The minimum atomic E-state index is -1.84. The van der Waals surface area contributed by atoms with Crippen molar-refractivity contribution in [1.82, 2.24) is 0 Å². The van der Waals surface area contributed by atoms with Crippen LogP contribution in [0.25, 0.3) is 0 Å². The van der Waals surface area contributed by atoms with E-state index in [1.54, 1.807) is 12.2 Å².